The van der Waals surface area contributed by atoms with Crippen LogP contribution in [0.2, 0.25) is 0 Å². The number of fused-ring (bicyclic) bond motifs is 1. The third kappa shape index (κ3) is 4.66. The van der Waals surface area contributed by atoms with Crippen molar-refractivity contribution in [3.8, 4) is 16.9 Å². The summed E-state index contributed by atoms with van der Waals surface area (Å²) in [6.07, 6.45) is 3.17. The zero-order chi connectivity index (χ0) is 21.0. The lowest BCUT2D eigenvalue weighted by Gasteiger charge is -2.13. The minimum Gasteiger partial charge on any atom is -0.496 e. The minimum absolute atomic E-state index is 0.0973. The average molecular weight is 397 g/mol. The molecule has 0 aliphatic carbocycles. The fourth-order valence-electron chi connectivity index (χ4n) is 3.24. The molecule has 1 unspecified atom stereocenters. The van der Waals surface area contributed by atoms with E-state index in [1.165, 1.54) is 18.2 Å². The van der Waals surface area contributed by atoms with Crippen LogP contribution in [0.3, 0.4) is 0 Å². The van der Waals surface area contributed by atoms with Gasteiger partial charge in [0.25, 0.3) is 0 Å². The van der Waals surface area contributed by atoms with Crippen LogP contribution in [0.15, 0.2) is 53.2 Å². The highest BCUT2D eigenvalue weighted by molar-refractivity contribution is 6.00. The van der Waals surface area contributed by atoms with Crippen molar-refractivity contribution >= 4 is 22.4 Å². The first kappa shape index (κ1) is 20.6. The number of rotatable bonds is 7. The van der Waals surface area contributed by atoms with E-state index in [4.69, 9.17) is 13.9 Å². The molecule has 3 aromatic rings. The molecule has 5 nitrogen and oxygen atoms in total. The van der Waals surface area contributed by atoms with Crippen molar-refractivity contribution < 1.29 is 23.1 Å². The predicted molar refractivity (Wildman–Crippen MR) is 111 cm³/mol. The third-order valence-electron chi connectivity index (χ3n) is 4.63. The van der Waals surface area contributed by atoms with Crippen LogP contribution in [0.4, 0.5) is 4.39 Å². The maximum Gasteiger partial charge on any atom is 0.244 e. The van der Waals surface area contributed by atoms with Gasteiger partial charge in [0.15, 0.2) is 0 Å². The van der Waals surface area contributed by atoms with Crippen molar-refractivity contribution in [3.63, 3.8) is 0 Å². The zero-order valence-electron chi connectivity index (χ0n) is 16.9. The van der Waals surface area contributed by atoms with Crippen LogP contribution in [-0.4, -0.2) is 32.8 Å². The quantitative estimate of drug-likeness (QED) is 0.582. The highest BCUT2D eigenvalue weighted by Gasteiger charge is 2.15. The Kier molecular flexibility index (Phi) is 6.34. The van der Waals surface area contributed by atoms with Crippen molar-refractivity contribution in [2.24, 2.45) is 0 Å². The molecule has 29 heavy (non-hydrogen) atoms. The number of amides is 1. The molecule has 0 fully saturated rings. The molecule has 1 heterocycles. The molecule has 0 saturated heterocycles. The van der Waals surface area contributed by atoms with Crippen LogP contribution in [-0.2, 0) is 9.53 Å². The SMILES string of the molecule is COCC(C)NC(=O)/C=C(\C)c1cc2c(-c3ccc(F)cc3)coc2cc1OC. The van der Waals surface area contributed by atoms with Gasteiger partial charge in [0, 0.05) is 41.8 Å². The Balaban J connectivity index is 2.00. The Hall–Kier alpha value is -3.12. The lowest BCUT2D eigenvalue weighted by Crippen LogP contribution is -2.34. The summed E-state index contributed by atoms with van der Waals surface area (Å²) in [4.78, 5) is 12.3. The van der Waals surface area contributed by atoms with Crippen LogP contribution in [0.5, 0.6) is 5.75 Å². The van der Waals surface area contributed by atoms with E-state index < -0.39 is 0 Å². The van der Waals surface area contributed by atoms with Crippen LogP contribution in [0.1, 0.15) is 19.4 Å². The summed E-state index contributed by atoms with van der Waals surface area (Å²) in [5.41, 5.74) is 3.86. The van der Waals surface area contributed by atoms with Crippen LogP contribution in [0.25, 0.3) is 27.7 Å². The normalized spacial score (nSPS) is 12.8. The molecular formula is C23H24FNO4. The Bertz CT molecular complexity index is 1040. The van der Waals surface area contributed by atoms with Gasteiger partial charge in [-0.25, -0.2) is 4.39 Å². The minimum atomic E-state index is -0.295. The van der Waals surface area contributed by atoms with E-state index in [0.717, 1.165) is 27.6 Å². The fraction of sp³-hybridized carbons (Fsp3) is 0.261. The standard InChI is InChI=1S/C23H24FNO4/c1-14(9-23(26)25-15(2)12-27-3)18-10-19-20(16-5-7-17(24)8-6-16)13-29-22(19)11-21(18)28-4/h5-11,13,15H,12H2,1-4H3,(H,25,26)/b14-9+. The van der Waals surface area contributed by atoms with Gasteiger partial charge in [-0.3, -0.25) is 4.79 Å². The van der Waals surface area contributed by atoms with Crippen molar-refractivity contribution in [1.82, 2.24) is 5.32 Å². The molecule has 152 valence electrons. The first-order valence-corrected chi connectivity index (χ1v) is 9.26. The van der Waals surface area contributed by atoms with E-state index in [2.05, 4.69) is 5.32 Å². The first-order chi connectivity index (χ1) is 13.9. The molecule has 0 bridgehead atoms. The summed E-state index contributed by atoms with van der Waals surface area (Å²) in [6, 6.07) is 9.85. The van der Waals surface area contributed by atoms with Crippen LogP contribution >= 0.6 is 0 Å². The van der Waals surface area contributed by atoms with Gasteiger partial charge in [-0.05, 0) is 43.2 Å². The molecule has 1 atom stereocenters. The van der Waals surface area contributed by atoms with Gasteiger partial charge in [0.1, 0.15) is 17.1 Å². The second-order valence-corrected chi connectivity index (χ2v) is 6.90. The van der Waals surface area contributed by atoms with Gasteiger partial charge >= 0.3 is 0 Å². The topological polar surface area (TPSA) is 60.7 Å². The number of benzene rings is 2. The predicted octanol–water partition coefficient (Wildman–Crippen LogP) is 4.80. The molecule has 0 aliphatic heterocycles. The van der Waals surface area contributed by atoms with Crippen LogP contribution in [0, 0.1) is 5.82 Å². The fourth-order valence-corrected chi connectivity index (χ4v) is 3.24. The summed E-state index contributed by atoms with van der Waals surface area (Å²) in [7, 11) is 3.16. The highest BCUT2D eigenvalue weighted by atomic mass is 19.1. The molecule has 0 spiro atoms. The molecule has 0 radical (unpaired) electrons. The average Bonchev–Trinajstić information content (AvgIpc) is 3.10. The zero-order valence-corrected chi connectivity index (χ0v) is 16.9. The smallest absolute Gasteiger partial charge is 0.244 e. The second kappa shape index (κ2) is 8.92. The van der Waals surface area contributed by atoms with E-state index >= 15 is 0 Å². The van der Waals surface area contributed by atoms with Crippen molar-refractivity contribution in [1.29, 1.82) is 0 Å². The number of halogens is 1. The summed E-state index contributed by atoms with van der Waals surface area (Å²) in [6.45, 7) is 4.16. The lowest BCUT2D eigenvalue weighted by atomic mass is 9.99. The maximum atomic E-state index is 13.3. The molecule has 0 saturated carbocycles. The van der Waals surface area contributed by atoms with Crippen molar-refractivity contribution in [2.45, 2.75) is 19.9 Å². The number of methoxy groups -OCH3 is 2. The molecule has 6 heteroatoms. The number of carbonyl (C=O) groups excluding carboxylic acids is 1. The monoisotopic (exact) mass is 397 g/mol. The van der Waals surface area contributed by atoms with E-state index in [1.54, 1.807) is 38.7 Å². The van der Waals surface area contributed by atoms with Crippen LogP contribution < -0.4 is 10.1 Å². The van der Waals surface area contributed by atoms with Gasteiger partial charge < -0.3 is 19.2 Å². The number of allylic oxidation sites excluding steroid dienone is 1. The third-order valence-corrected chi connectivity index (χ3v) is 4.63. The van der Waals surface area contributed by atoms with Crippen molar-refractivity contribution in [3.05, 3.63) is 60.1 Å². The van der Waals surface area contributed by atoms with E-state index in [0.29, 0.717) is 17.9 Å². The molecule has 2 aromatic carbocycles. The van der Waals surface area contributed by atoms with Gasteiger partial charge in [-0.1, -0.05) is 12.1 Å². The van der Waals surface area contributed by atoms with Gasteiger partial charge in [-0.2, -0.15) is 0 Å². The Morgan fingerprint density at radius 2 is 1.97 bits per heavy atom. The number of furan rings is 1. The molecule has 1 aromatic heterocycles. The summed E-state index contributed by atoms with van der Waals surface area (Å²) >= 11 is 0. The lowest BCUT2D eigenvalue weighted by molar-refractivity contribution is -0.117. The number of carbonyl (C=O) groups is 1. The van der Waals surface area contributed by atoms with Crippen molar-refractivity contribution in [2.75, 3.05) is 20.8 Å². The Morgan fingerprint density at radius 3 is 2.62 bits per heavy atom. The second-order valence-electron chi connectivity index (χ2n) is 6.90. The Morgan fingerprint density at radius 1 is 1.24 bits per heavy atom. The first-order valence-electron chi connectivity index (χ1n) is 9.26. The van der Waals surface area contributed by atoms with E-state index in [9.17, 15) is 9.18 Å². The molecule has 3 rings (SSSR count). The number of hydrogen-bond acceptors (Lipinski definition) is 4. The van der Waals surface area contributed by atoms with E-state index in [1.807, 2.05) is 19.9 Å². The number of nitrogens with one attached hydrogen (secondary N) is 1. The van der Waals surface area contributed by atoms with E-state index in [-0.39, 0.29) is 17.8 Å². The summed E-state index contributed by atoms with van der Waals surface area (Å²) in [5, 5.41) is 3.71. The maximum absolute atomic E-state index is 13.3. The molecular weight excluding hydrogens is 373 g/mol. The highest BCUT2D eigenvalue weighted by Crippen LogP contribution is 2.37. The van der Waals surface area contributed by atoms with Gasteiger partial charge in [0.05, 0.1) is 20.0 Å². The molecule has 0 aliphatic rings. The molecule has 1 amide bonds. The summed E-state index contributed by atoms with van der Waals surface area (Å²) in [5.74, 6) is 0.0977. The molecule has 1 N–H and O–H groups in total. The largest absolute Gasteiger partial charge is 0.496 e. The summed E-state index contributed by atoms with van der Waals surface area (Å²) < 4.78 is 29.5. The Labute approximate surface area is 169 Å². The van der Waals surface area contributed by atoms with Gasteiger partial charge in [0.2, 0.25) is 5.91 Å². The number of ether oxygens (including phenoxy) is 2. The van der Waals surface area contributed by atoms with Gasteiger partial charge in [-0.15, -0.1) is 0 Å². The number of hydrogen-bond donors (Lipinski definition) is 1.